The fourth-order valence-electron chi connectivity index (χ4n) is 1.48. The lowest BCUT2D eigenvalue weighted by Crippen LogP contribution is -2.42. The van der Waals surface area contributed by atoms with Gasteiger partial charge in [-0.1, -0.05) is 0 Å². The smallest absolute Gasteiger partial charge is 0.317 e. The summed E-state index contributed by atoms with van der Waals surface area (Å²) in [7, 11) is 0. The maximum atomic E-state index is 11.4. The van der Waals surface area contributed by atoms with Crippen LogP contribution in [0.25, 0.3) is 0 Å². The molecule has 0 bridgehead atoms. The summed E-state index contributed by atoms with van der Waals surface area (Å²) in [6, 6.07) is -0.0740. The third-order valence-corrected chi connectivity index (χ3v) is 2.24. The van der Waals surface area contributed by atoms with E-state index in [4.69, 9.17) is 5.11 Å². The van der Waals surface area contributed by atoms with E-state index in [1.807, 2.05) is 13.8 Å². The molecule has 80 valence electrons. The summed E-state index contributed by atoms with van der Waals surface area (Å²) in [4.78, 5) is 23.6. The van der Waals surface area contributed by atoms with Crippen molar-refractivity contribution in [1.82, 2.24) is 10.2 Å². The molecule has 1 rings (SSSR count). The van der Waals surface area contributed by atoms with Crippen molar-refractivity contribution in [3.63, 3.8) is 0 Å². The van der Waals surface area contributed by atoms with E-state index in [1.54, 1.807) is 4.90 Å². The fraction of sp³-hybridized carbons (Fsp3) is 0.778. The second-order valence-electron chi connectivity index (χ2n) is 3.87. The molecule has 1 fully saturated rings. The highest BCUT2D eigenvalue weighted by Crippen LogP contribution is 2.16. The van der Waals surface area contributed by atoms with Crippen molar-refractivity contribution in [1.29, 1.82) is 0 Å². The molecular weight excluding hydrogens is 184 g/mol. The van der Waals surface area contributed by atoms with Gasteiger partial charge in [-0.05, 0) is 20.3 Å². The molecule has 5 heteroatoms. The molecule has 5 nitrogen and oxygen atoms in total. The van der Waals surface area contributed by atoms with Crippen LogP contribution in [-0.2, 0) is 4.79 Å². The van der Waals surface area contributed by atoms with Gasteiger partial charge in [0.2, 0.25) is 0 Å². The number of hydrogen-bond donors (Lipinski definition) is 2. The van der Waals surface area contributed by atoms with E-state index in [9.17, 15) is 9.59 Å². The third kappa shape index (κ3) is 2.61. The van der Waals surface area contributed by atoms with E-state index in [-0.39, 0.29) is 12.1 Å². The number of carbonyl (C=O) groups excluding carboxylic acids is 1. The van der Waals surface area contributed by atoms with Crippen LogP contribution in [0, 0.1) is 5.92 Å². The Kier molecular flexibility index (Phi) is 3.33. The molecule has 0 aromatic carbocycles. The number of carbonyl (C=O) groups is 2. The summed E-state index contributed by atoms with van der Waals surface area (Å²) in [6.45, 7) is 4.62. The maximum absolute atomic E-state index is 11.4. The first-order valence-corrected chi connectivity index (χ1v) is 4.79. The van der Waals surface area contributed by atoms with Gasteiger partial charge in [0.25, 0.3) is 0 Å². The van der Waals surface area contributed by atoms with Crippen molar-refractivity contribution in [2.75, 3.05) is 13.1 Å². The Hall–Kier alpha value is -1.26. The van der Waals surface area contributed by atoms with E-state index in [2.05, 4.69) is 5.32 Å². The number of likely N-dealkylation sites (tertiary alicyclic amines) is 1. The summed E-state index contributed by atoms with van der Waals surface area (Å²) in [5, 5.41) is 11.5. The molecule has 2 N–H and O–H groups in total. The molecule has 1 aliphatic heterocycles. The van der Waals surface area contributed by atoms with E-state index in [1.165, 1.54) is 0 Å². The van der Waals surface area contributed by atoms with Crippen LogP contribution in [0.2, 0.25) is 0 Å². The number of amides is 2. The van der Waals surface area contributed by atoms with Gasteiger partial charge in [-0.15, -0.1) is 0 Å². The van der Waals surface area contributed by atoms with Crippen LogP contribution in [0.3, 0.4) is 0 Å². The fourth-order valence-corrected chi connectivity index (χ4v) is 1.48. The average molecular weight is 200 g/mol. The van der Waals surface area contributed by atoms with Gasteiger partial charge in [0, 0.05) is 19.1 Å². The highest BCUT2D eigenvalue weighted by Gasteiger charge is 2.30. The summed E-state index contributed by atoms with van der Waals surface area (Å²) in [5.41, 5.74) is 0. The van der Waals surface area contributed by atoms with Gasteiger partial charge in [-0.3, -0.25) is 4.79 Å². The number of rotatable bonds is 2. The van der Waals surface area contributed by atoms with Crippen molar-refractivity contribution in [2.24, 2.45) is 5.92 Å². The lowest BCUT2D eigenvalue weighted by atomic mass is 10.1. The molecule has 14 heavy (non-hydrogen) atoms. The molecule has 0 spiro atoms. The zero-order valence-corrected chi connectivity index (χ0v) is 8.49. The Morgan fingerprint density at radius 2 is 2.14 bits per heavy atom. The van der Waals surface area contributed by atoms with Crippen molar-refractivity contribution in [3.8, 4) is 0 Å². The Labute approximate surface area is 83.1 Å². The van der Waals surface area contributed by atoms with Gasteiger partial charge in [0.05, 0.1) is 5.92 Å². The van der Waals surface area contributed by atoms with Crippen molar-refractivity contribution in [2.45, 2.75) is 26.3 Å². The van der Waals surface area contributed by atoms with Crippen LogP contribution in [0.15, 0.2) is 0 Å². The number of nitrogens with one attached hydrogen (secondary N) is 1. The molecule has 1 aliphatic rings. The number of carboxylic acid groups (broad SMARTS) is 1. The highest BCUT2D eigenvalue weighted by molar-refractivity contribution is 5.77. The van der Waals surface area contributed by atoms with Crippen LogP contribution < -0.4 is 5.32 Å². The molecule has 1 unspecified atom stereocenters. The summed E-state index contributed by atoms with van der Waals surface area (Å²) < 4.78 is 0. The lowest BCUT2D eigenvalue weighted by Gasteiger charge is -2.18. The zero-order chi connectivity index (χ0) is 10.7. The standard InChI is InChI=1S/C9H16N2O3/c1-6(2)10-9(14)11-4-3-7(5-11)8(12)13/h6-7H,3-5H2,1-2H3,(H,10,14)(H,12,13). The Bertz CT molecular complexity index is 240. The number of nitrogens with zero attached hydrogens (tertiary/aromatic N) is 1. The van der Waals surface area contributed by atoms with Crippen LogP contribution >= 0.6 is 0 Å². The SMILES string of the molecule is CC(C)NC(=O)N1CCC(C(=O)O)C1. The number of aliphatic carboxylic acids is 1. The summed E-state index contributed by atoms with van der Waals surface area (Å²) >= 11 is 0. The van der Waals surface area contributed by atoms with Crippen molar-refractivity contribution in [3.05, 3.63) is 0 Å². The summed E-state index contributed by atoms with van der Waals surface area (Å²) in [6.07, 6.45) is 0.556. The maximum Gasteiger partial charge on any atom is 0.317 e. The molecule has 0 aliphatic carbocycles. The number of hydrogen-bond acceptors (Lipinski definition) is 2. The molecule has 0 saturated carbocycles. The molecule has 0 radical (unpaired) electrons. The quantitative estimate of drug-likeness (QED) is 0.682. The van der Waals surface area contributed by atoms with Crippen molar-refractivity contribution < 1.29 is 14.7 Å². The molecule has 0 aromatic heterocycles. The Balaban J connectivity index is 2.42. The molecule has 1 atom stereocenters. The van der Waals surface area contributed by atoms with Gasteiger partial charge in [0.15, 0.2) is 0 Å². The average Bonchev–Trinajstić information content (AvgIpc) is 2.50. The topological polar surface area (TPSA) is 69.6 Å². The van der Waals surface area contributed by atoms with Crippen LogP contribution in [0.4, 0.5) is 4.79 Å². The van der Waals surface area contributed by atoms with Gasteiger partial charge >= 0.3 is 12.0 Å². The van der Waals surface area contributed by atoms with Crippen LogP contribution in [0.5, 0.6) is 0 Å². The third-order valence-electron chi connectivity index (χ3n) is 2.24. The second kappa shape index (κ2) is 4.30. The van der Waals surface area contributed by atoms with Gasteiger partial charge in [0.1, 0.15) is 0 Å². The van der Waals surface area contributed by atoms with E-state index in [0.29, 0.717) is 19.5 Å². The molecule has 0 aromatic rings. The monoisotopic (exact) mass is 200 g/mol. The Morgan fingerprint density at radius 1 is 1.50 bits per heavy atom. The van der Waals surface area contributed by atoms with Gasteiger partial charge < -0.3 is 15.3 Å². The first-order valence-electron chi connectivity index (χ1n) is 4.79. The van der Waals surface area contributed by atoms with Gasteiger partial charge in [-0.2, -0.15) is 0 Å². The lowest BCUT2D eigenvalue weighted by molar-refractivity contribution is -0.141. The van der Waals surface area contributed by atoms with Crippen LogP contribution in [0.1, 0.15) is 20.3 Å². The normalized spacial score (nSPS) is 21.4. The molecule has 1 heterocycles. The molecule has 1 saturated heterocycles. The Morgan fingerprint density at radius 3 is 2.57 bits per heavy atom. The zero-order valence-electron chi connectivity index (χ0n) is 8.49. The molecular formula is C9H16N2O3. The van der Waals surface area contributed by atoms with E-state index < -0.39 is 11.9 Å². The van der Waals surface area contributed by atoms with E-state index >= 15 is 0 Å². The van der Waals surface area contributed by atoms with Gasteiger partial charge in [-0.25, -0.2) is 4.79 Å². The predicted octanol–water partition coefficient (Wildman–Crippen LogP) is 0.511. The first kappa shape index (κ1) is 10.8. The predicted molar refractivity (Wildman–Crippen MR) is 51.0 cm³/mol. The number of carboxylic acids is 1. The number of urea groups is 1. The van der Waals surface area contributed by atoms with Crippen molar-refractivity contribution >= 4 is 12.0 Å². The second-order valence-corrected chi connectivity index (χ2v) is 3.87. The van der Waals surface area contributed by atoms with Crippen LogP contribution in [-0.4, -0.2) is 41.1 Å². The molecule has 2 amide bonds. The van der Waals surface area contributed by atoms with E-state index in [0.717, 1.165) is 0 Å². The minimum Gasteiger partial charge on any atom is -0.481 e. The minimum absolute atomic E-state index is 0.0892. The minimum atomic E-state index is -0.815. The first-order chi connectivity index (χ1) is 6.50. The largest absolute Gasteiger partial charge is 0.481 e. The highest BCUT2D eigenvalue weighted by atomic mass is 16.4. The summed E-state index contributed by atoms with van der Waals surface area (Å²) in [5.74, 6) is -1.21.